The van der Waals surface area contributed by atoms with E-state index in [9.17, 15) is 13.6 Å². The van der Waals surface area contributed by atoms with E-state index in [-0.39, 0.29) is 24.0 Å². The number of rotatable bonds is 7. The third-order valence-electron chi connectivity index (χ3n) is 5.66. The van der Waals surface area contributed by atoms with Crippen LogP contribution < -0.4 is 18.9 Å². The molecule has 0 bridgehead atoms. The molecule has 0 aliphatic carbocycles. The van der Waals surface area contributed by atoms with E-state index in [0.29, 0.717) is 35.8 Å². The van der Waals surface area contributed by atoms with Gasteiger partial charge in [0, 0.05) is 36.7 Å². The number of alkyl halides is 2. The number of carbonyl (C=O) groups excluding carboxylic acids is 1. The van der Waals surface area contributed by atoms with E-state index in [4.69, 9.17) is 14.2 Å². The average Bonchev–Trinajstić information content (AvgIpc) is 3.11. The highest BCUT2D eigenvalue weighted by molar-refractivity contribution is 5.95. The van der Waals surface area contributed by atoms with Crippen molar-refractivity contribution in [2.24, 2.45) is 0 Å². The molecule has 2 aromatic carbocycles. The van der Waals surface area contributed by atoms with Crippen LogP contribution in [0, 0.1) is 13.8 Å². The number of benzene rings is 2. The summed E-state index contributed by atoms with van der Waals surface area (Å²) in [7, 11) is 3.04. The van der Waals surface area contributed by atoms with Crippen LogP contribution in [0.15, 0.2) is 42.5 Å². The Hall–Kier alpha value is -3.75. The molecule has 34 heavy (non-hydrogen) atoms. The molecule has 0 unspecified atom stereocenters. The minimum Gasteiger partial charge on any atom is -0.493 e. The number of aryl methyl sites for hydroxylation is 1. The Labute approximate surface area is 196 Å². The third kappa shape index (κ3) is 4.64. The minimum atomic E-state index is -2.98. The lowest BCUT2D eigenvalue weighted by atomic mass is 10.1. The maximum Gasteiger partial charge on any atom is 0.387 e. The van der Waals surface area contributed by atoms with E-state index in [0.717, 1.165) is 17.1 Å². The van der Waals surface area contributed by atoms with Gasteiger partial charge in [-0.3, -0.25) is 4.79 Å². The molecular weight excluding hydrogens is 446 g/mol. The molecule has 0 fully saturated rings. The summed E-state index contributed by atoms with van der Waals surface area (Å²) < 4.78 is 48.4. The van der Waals surface area contributed by atoms with Crippen LogP contribution in [0.1, 0.15) is 27.3 Å². The first-order chi connectivity index (χ1) is 16.3. The summed E-state index contributed by atoms with van der Waals surface area (Å²) in [6.45, 7) is 2.04. The van der Waals surface area contributed by atoms with Crippen molar-refractivity contribution in [2.45, 2.75) is 27.0 Å². The lowest BCUT2D eigenvalue weighted by Crippen LogP contribution is -2.26. The van der Waals surface area contributed by atoms with Gasteiger partial charge in [0.1, 0.15) is 13.2 Å². The Balaban J connectivity index is 1.57. The monoisotopic (exact) mass is 472 g/mol. The molecule has 1 amide bonds. The van der Waals surface area contributed by atoms with Crippen LogP contribution in [0.3, 0.4) is 0 Å². The van der Waals surface area contributed by atoms with Crippen molar-refractivity contribution in [3.05, 3.63) is 65.0 Å². The molecule has 180 valence electrons. The molecule has 4 rings (SSSR count). The second-order valence-corrected chi connectivity index (χ2v) is 7.97. The van der Waals surface area contributed by atoms with Gasteiger partial charge in [-0.1, -0.05) is 6.07 Å². The summed E-state index contributed by atoms with van der Waals surface area (Å²) in [5.41, 5.74) is 3.72. The average molecular weight is 472 g/mol. The molecule has 0 N–H and O–H groups in total. The van der Waals surface area contributed by atoms with Crippen molar-refractivity contribution in [2.75, 3.05) is 27.4 Å². The number of carbonyl (C=O) groups is 1. The Kier molecular flexibility index (Phi) is 6.63. The fraction of sp³-hybridized carbons (Fsp3) is 0.320. The molecule has 1 aliphatic heterocycles. The lowest BCUT2D eigenvalue weighted by Gasteiger charge is -2.20. The van der Waals surface area contributed by atoms with E-state index in [1.807, 2.05) is 42.7 Å². The topological polar surface area (TPSA) is 62.2 Å². The van der Waals surface area contributed by atoms with E-state index in [1.54, 1.807) is 19.2 Å². The van der Waals surface area contributed by atoms with Crippen molar-refractivity contribution >= 4 is 5.91 Å². The smallest absolute Gasteiger partial charge is 0.387 e. The van der Waals surface area contributed by atoms with Crippen molar-refractivity contribution < 1.29 is 32.5 Å². The first-order valence-electron chi connectivity index (χ1n) is 10.7. The normalized spacial score (nSPS) is 12.6. The fourth-order valence-corrected chi connectivity index (χ4v) is 4.11. The zero-order chi connectivity index (χ0) is 24.4. The Morgan fingerprint density at radius 1 is 1.06 bits per heavy atom. The molecule has 0 saturated heterocycles. The van der Waals surface area contributed by atoms with Gasteiger partial charge in [-0.2, -0.15) is 8.78 Å². The zero-order valence-electron chi connectivity index (χ0n) is 19.4. The van der Waals surface area contributed by atoms with Crippen LogP contribution >= 0.6 is 0 Å². The molecule has 2 heterocycles. The van der Waals surface area contributed by atoms with E-state index < -0.39 is 6.61 Å². The van der Waals surface area contributed by atoms with Crippen LogP contribution in [0.4, 0.5) is 8.78 Å². The second kappa shape index (κ2) is 9.62. The number of ether oxygens (including phenoxy) is 4. The number of halogens is 2. The summed E-state index contributed by atoms with van der Waals surface area (Å²) >= 11 is 0. The molecule has 0 atom stereocenters. The van der Waals surface area contributed by atoms with Crippen LogP contribution in [0.5, 0.6) is 23.0 Å². The van der Waals surface area contributed by atoms with E-state index in [2.05, 4.69) is 4.74 Å². The predicted molar refractivity (Wildman–Crippen MR) is 122 cm³/mol. The minimum absolute atomic E-state index is 0.0763. The largest absolute Gasteiger partial charge is 0.493 e. The number of fused-ring (bicyclic) bond motifs is 1. The van der Waals surface area contributed by atoms with E-state index in [1.165, 1.54) is 18.1 Å². The highest BCUT2D eigenvalue weighted by Gasteiger charge is 2.22. The number of methoxy groups -OCH3 is 1. The number of aromatic nitrogens is 1. The summed E-state index contributed by atoms with van der Waals surface area (Å²) in [6, 6.07) is 12.2. The van der Waals surface area contributed by atoms with Gasteiger partial charge in [0.25, 0.3) is 5.91 Å². The van der Waals surface area contributed by atoms with Crippen molar-refractivity contribution in [1.29, 1.82) is 0 Å². The SMILES string of the molecule is COc1ccc(CN(C)C(=O)c2cc(C)n(-c3ccc4c(c3)OCCO4)c2C)cc1OC(F)F. The van der Waals surface area contributed by atoms with Crippen LogP contribution in [-0.2, 0) is 6.54 Å². The Bertz CT molecular complexity index is 1210. The van der Waals surface area contributed by atoms with Crippen molar-refractivity contribution in [3.8, 4) is 28.7 Å². The molecule has 1 aliphatic rings. The molecule has 9 heteroatoms. The predicted octanol–water partition coefficient (Wildman–Crippen LogP) is 4.75. The first-order valence-corrected chi connectivity index (χ1v) is 10.7. The Morgan fingerprint density at radius 2 is 1.79 bits per heavy atom. The van der Waals surface area contributed by atoms with Gasteiger partial charge in [0.15, 0.2) is 23.0 Å². The highest BCUT2D eigenvalue weighted by atomic mass is 19.3. The molecule has 1 aromatic heterocycles. The standard InChI is InChI=1S/C25H26F2N2O5/c1-15-11-19(16(2)29(15)18-6-8-21-22(13-18)33-10-9-32-21)24(30)28(3)14-17-5-7-20(31-4)23(12-17)34-25(26)27/h5-8,11-13,25H,9-10,14H2,1-4H3. The molecule has 0 saturated carbocycles. The van der Waals surface area contributed by atoms with Crippen molar-refractivity contribution in [1.82, 2.24) is 9.47 Å². The number of amides is 1. The van der Waals surface area contributed by atoms with Gasteiger partial charge in [0.05, 0.1) is 12.7 Å². The van der Waals surface area contributed by atoms with Gasteiger partial charge in [-0.25, -0.2) is 0 Å². The van der Waals surface area contributed by atoms with Crippen molar-refractivity contribution in [3.63, 3.8) is 0 Å². The molecular formula is C25H26F2N2O5. The van der Waals surface area contributed by atoms with Gasteiger partial charge < -0.3 is 28.4 Å². The molecule has 7 nitrogen and oxygen atoms in total. The molecule has 0 radical (unpaired) electrons. The summed E-state index contributed by atoms with van der Waals surface area (Å²) in [6.07, 6.45) is 0. The molecule has 3 aromatic rings. The lowest BCUT2D eigenvalue weighted by molar-refractivity contribution is -0.0512. The van der Waals surface area contributed by atoms with Gasteiger partial charge in [-0.05, 0) is 49.7 Å². The van der Waals surface area contributed by atoms with Gasteiger partial charge >= 0.3 is 6.61 Å². The van der Waals surface area contributed by atoms with Crippen LogP contribution in [0.2, 0.25) is 0 Å². The van der Waals surface area contributed by atoms with Gasteiger partial charge in [-0.15, -0.1) is 0 Å². The number of hydrogen-bond acceptors (Lipinski definition) is 5. The van der Waals surface area contributed by atoms with Gasteiger partial charge in [0.2, 0.25) is 0 Å². The van der Waals surface area contributed by atoms with Crippen LogP contribution in [0.25, 0.3) is 5.69 Å². The summed E-state index contributed by atoms with van der Waals surface area (Å²) in [5.74, 6) is 1.29. The first kappa shape index (κ1) is 23.4. The van der Waals surface area contributed by atoms with Crippen LogP contribution in [-0.4, -0.2) is 49.4 Å². The quantitative estimate of drug-likeness (QED) is 0.497. The zero-order valence-corrected chi connectivity index (χ0v) is 19.4. The molecule has 0 spiro atoms. The Morgan fingerprint density at radius 3 is 2.50 bits per heavy atom. The third-order valence-corrected chi connectivity index (χ3v) is 5.66. The summed E-state index contributed by atoms with van der Waals surface area (Å²) in [5, 5.41) is 0. The summed E-state index contributed by atoms with van der Waals surface area (Å²) in [4.78, 5) is 14.8. The second-order valence-electron chi connectivity index (χ2n) is 7.97. The van der Waals surface area contributed by atoms with E-state index >= 15 is 0 Å². The number of hydrogen-bond donors (Lipinski definition) is 0. The maximum atomic E-state index is 13.3. The fourth-order valence-electron chi connectivity index (χ4n) is 4.11. The number of nitrogens with zero attached hydrogens (tertiary/aromatic N) is 2. The maximum absolute atomic E-state index is 13.3. The highest BCUT2D eigenvalue weighted by Crippen LogP contribution is 2.34.